The SMILES string of the molecule is COc1ccc([O-])c(C(=O)O)c1.[NH4+]. The molecular formula is C8H11NO4. The average Bonchev–Trinajstić information content (AvgIpc) is 2.05. The van der Waals surface area contributed by atoms with Gasteiger partial charge in [0.05, 0.1) is 12.7 Å². The van der Waals surface area contributed by atoms with Gasteiger partial charge in [-0.2, -0.15) is 0 Å². The molecule has 1 aromatic rings. The maximum absolute atomic E-state index is 10.9. The van der Waals surface area contributed by atoms with Crippen molar-refractivity contribution in [1.82, 2.24) is 6.15 Å². The van der Waals surface area contributed by atoms with Gasteiger partial charge in [0.25, 0.3) is 0 Å². The fraction of sp³-hybridized carbons (Fsp3) is 0.125. The highest BCUT2D eigenvalue weighted by molar-refractivity contribution is 5.91. The molecule has 0 aromatic heterocycles. The van der Waals surface area contributed by atoms with Gasteiger partial charge in [-0.1, -0.05) is 11.8 Å². The Hall–Kier alpha value is -1.75. The van der Waals surface area contributed by atoms with E-state index in [0.717, 1.165) is 0 Å². The number of hydrogen-bond donors (Lipinski definition) is 2. The van der Waals surface area contributed by atoms with Gasteiger partial charge < -0.3 is 21.1 Å². The van der Waals surface area contributed by atoms with Gasteiger partial charge in [-0.3, -0.25) is 0 Å². The number of quaternary nitrogens is 1. The molecule has 1 rings (SSSR count). The van der Waals surface area contributed by atoms with E-state index >= 15 is 0 Å². The lowest BCUT2D eigenvalue weighted by Gasteiger charge is -2.10. The lowest BCUT2D eigenvalue weighted by atomic mass is 10.2. The van der Waals surface area contributed by atoms with Crippen LogP contribution in [0.4, 0.5) is 0 Å². The summed E-state index contributed by atoms with van der Waals surface area (Å²) in [5.74, 6) is -1.38. The zero-order valence-corrected chi connectivity index (χ0v) is 7.40. The molecule has 0 aliphatic carbocycles. The second-order valence-electron chi connectivity index (χ2n) is 2.17. The summed E-state index contributed by atoms with van der Waals surface area (Å²) in [5.41, 5.74) is -0.269. The number of hydrogen-bond acceptors (Lipinski definition) is 3. The van der Waals surface area contributed by atoms with E-state index in [4.69, 9.17) is 9.84 Å². The minimum atomic E-state index is -1.24. The Bertz CT molecular complexity index is 311. The molecule has 0 aliphatic rings. The van der Waals surface area contributed by atoms with Crippen LogP contribution < -0.4 is 16.0 Å². The summed E-state index contributed by atoms with van der Waals surface area (Å²) in [5, 5.41) is 19.4. The van der Waals surface area contributed by atoms with Crippen molar-refractivity contribution >= 4 is 5.97 Å². The molecular weight excluding hydrogens is 174 g/mol. The second-order valence-corrected chi connectivity index (χ2v) is 2.17. The molecule has 0 heterocycles. The van der Waals surface area contributed by atoms with Gasteiger partial charge in [-0.05, 0) is 12.1 Å². The Morgan fingerprint density at radius 3 is 2.62 bits per heavy atom. The van der Waals surface area contributed by atoms with Gasteiger partial charge in [-0.25, -0.2) is 4.79 Å². The minimum absolute atomic E-state index is 0. The lowest BCUT2D eigenvalue weighted by Crippen LogP contribution is -2.03. The van der Waals surface area contributed by atoms with Crippen molar-refractivity contribution in [2.45, 2.75) is 0 Å². The number of ether oxygens (including phenoxy) is 1. The molecule has 0 radical (unpaired) electrons. The van der Waals surface area contributed by atoms with E-state index in [1.165, 1.54) is 25.3 Å². The van der Waals surface area contributed by atoms with E-state index in [9.17, 15) is 9.90 Å². The van der Waals surface area contributed by atoms with Gasteiger partial charge in [-0.15, -0.1) is 0 Å². The van der Waals surface area contributed by atoms with E-state index in [1.807, 2.05) is 0 Å². The maximum atomic E-state index is 10.9. The summed E-state index contributed by atoms with van der Waals surface area (Å²) in [6, 6.07) is 3.79. The molecule has 0 unspecified atom stereocenters. The Morgan fingerprint density at radius 2 is 2.15 bits per heavy atom. The number of benzene rings is 1. The van der Waals surface area contributed by atoms with Gasteiger partial charge in [0, 0.05) is 0 Å². The minimum Gasteiger partial charge on any atom is -0.872 e. The Kier molecular flexibility index (Phi) is 3.74. The zero-order chi connectivity index (χ0) is 9.14. The normalized spacial score (nSPS) is 8.69. The number of methoxy groups -OCH3 is 1. The molecule has 0 amide bonds. The van der Waals surface area contributed by atoms with Crippen LogP contribution in [0.3, 0.4) is 0 Å². The highest BCUT2D eigenvalue weighted by Crippen LogP contribution is 2.20. The van der Waals surface area contributed by atoms with Crippen LogP contribution in [0.5, 0.6) is 11.5 Å². The average molecular weight is 185 g/mol. The van der Waals surface area contributed by atoms with Gasteiger partial charge in [0.1, 0.15) is 5.75 Å². The third kappa shape index (κ3) is 2.34. The molecule has 0 spiro atoms. The molecule has 0 atom stereocenters. The quantitative estimate of drug-likeness (QED) is 0.711. The van der Waals surface area contributed by atoms with Crippen LogP contribution in [0.15, 0.2) is 18.2 Å². The summed E-state index contributed by atoms with van der Waals surface area (Å²) in [6.45, 7) is 0. The molecule has 5 nitrogen and oxygen atoms in total. The van der Waals surface area contributed by atoms with Crippen molar-refractivity contribution in [3.8, 4) is 11.5 Å². The van der Waals surface area contributed by atoms with Crippen molar-refractivity contribution in [2.24, 2.45) is 0 Å². The van der Waals surface area contributed by atoms with Crippen LogP contribution in [0.25, 0.3) is 0 Å². The van der Waals surface area contributed by atoms with Crippen LogP contribution in [0.1, 0.15) is 10.4 Å². The predicted octanol–water partition coefficient (Wildman–Crippen LogP) is 0.843. The van der Waals surface area contributed by atoms with Crippen LogP contribution in [-0.2, 0) is 0 Å². The van der Waals surface area contributed by atoms with E-state index < -0.39 is 11.7 Å². The van der Waals surface area contributed by atoms with E-state index in [2.05, 4.69) is 0 Å². The van der Waals surface area contributed by atoms with Crippen molar-refractivity contribution in [3.05, 3.63) is 23.8 Å². The summed E-state index contributed by atoms with van der Waals surface area (Å²) in [7, 11) is 1.41. The zero-order valence-electron chi connectivity index (χ0n) is 7.40. The molecule has 72 valence electrons. The van der Waals surface area contributed by atoms with Crippen molar-refractivity contribution < 1.29 is 19.7 Å². The molecule has 5 heteroatoms. The standard InChI is InChI=1S/C8H8O4.H3N/c1-12-5-2-3-7(9)6(4-5)8(10)11;/h2-4,9H,1H3,(H,10,11);1H3. The molecule has 0 aliphatic heterocycles. The van der Waals surface area contributed by atoms with Crippen molar-refractivity contribution in [1.29, 1.82) is 0 Å². The molecule has 0 bridgehead atoms. The molecule has 5 N–H and O–H groups in total. The molecule has 0 saturated heterocycles. The van der Waals surface area contributed by atoms with E-state index in [-0.39, 0.29) is 11.7 Å². The number of carboxylic acid groups (broad SMARTS) is 1. The Morgan fingerprint density at radius 1 is 1.54 bits per heavy atom. The first-order chi connectivity index (χ1) is 5.65. The number of carboxylic acids is 1. The van der Waals surface area contributed by atoms with Gasteiger partial charge >= 0.3 is 5.97 Å². The summed E-state index contributed by atoms with van der Waals surface area (Å²) in [6.07, 6.45) is 0. The summed E-state index contributed by atoms with van der Waals surface area (Å²) < 4.78 is 4.76. The highest BCUT2D eigenvalue weighted by atomic mass is 16.5. The van der Waals surface area contributed by atoms with Gasteiger partial charge in [0.15, 0.2) is 0 Å². The third-order valence-corrected chi connectivity index (χ3v) is 1.42. The van der Waals surface area contributed by atoms with Crippen molar-refractivity contribution in [2.75, 3.05) is 7.11 Å². The van der Waals surface area contributed by atoms with Crippen molar-refractivity contribution in [3.63, 3.8) is 0 Å². The Balaban J connectivity index is 0.00000144. The smallest absolute Gasteiger partial charge is 0.335 e. The molecule has 13 heavy (non-hydrogen) atoms. The molecule has 1 aromatic carbocycles. The van der Waals surface area contributed by atoms with Crippen LogP contribution in [0, 0.1) is 0 Å². The lowest BCUT2D eigenvalue weighted by molar-refractivity contribution is -0.268. The van der Waals surface area contributed by atoms with E-state index in [1.54, 1.807) is 0 Å². The fourth-order valence-electron chi connectivity index (χ4n) is 0.803. The highest BCUT2D eigenvalue weighted by Gasteiger charge is 2.04. The first-order valence-electron chi connectivity index (χ1n) is 3.23. The van der Waals surface area contributed by atoms with Gasteiger partial charge in [0.2, 0.25) is 0 Å². The number of aromatic carboxylic acids is 1. The first-order valence-corrected chi connectivity index (χ1v) is 3.23. The first kappa shape index (κ1) is 11.2. The largest absolute Gasteiger partial charge is 0.872 e. The number of rotatable bonds is 2. The van der Waals surface area contributed by atoms with E-state index in [0.29, 0.717) is 5.75 Å². The summed E-state index contributed by atoms with van der Waals surface area (Å²) in [4.78, 5) is 10.4. The monoisotopic (exact) mass is 185 g/mol. The Labute approximate surface area is 75.2 Å². The maximum Gasteiger partial charge on any atom is 0.335 e. The van der Waals surface area contributed by atoms with Crippen LogP contribution in [0.2, 0.25) is 0 Å². The molecule has 0 saturated carbocycles. The van der Waals surface area contributed by atoms with Crippen LogP contribution >= 0.6 is 0 Å². The third-order valence-electron chi connectivity index (χ3n) is 1.42. The second kappa shape index (κ2) is 4.32. The topological polar surface area (TPSA) is 106 Å². The predicted molar refractivity (Wildman–Crippen MR) is 45.4 cm³/mol. The van der Waals surface area contributed by atoms with Crippen LogP contribution in [-0.4, -0.2) is 18.2 Å². The molecule has 0 fully saturated rings. The summed E-state index contributed by atoms with van der Waals surface area (Å²) >= 11 is 0. The fourth-order valence-corrected chi connectivity index (χ4v) is 0.803. The number of carbonyl (C=O) groups is 1.